The summed E-state index contributed by atoms with van der Waals surface area (Å²) in [5.41, 5.74) is 1.31. The van der Waals surface area contributed by atoms with E-state index in [1.807, 2.05) is 0 Å². The van der Waals surface area contributed by atoms with Crippen LogP contribution in [0.25, 0.3) is 0 Å². The number of amides is 2. The van der Waals surface area contributed by atoms with E-state index in [0.29, 0.717) is 24.3 Å². The van der Waals surface area contributed by atoms with Crippen LogP contribution in [0.15, 0.2) is 47.1 Å². The Hall–Kier alpha value is -3.09. The molecule has 27 heavy (non-hydrogen) atoms. The van der Waals surface area contributed by atoms with Crippen LogP contribution in [0.2, 0.25) is 0 Å². The summed E-state index contributed by atoms with van der Waals surface area (Å²) in [6.45, 7) is 3.06. The largest absolute Gasteiger partial charge is 0.467 e. The maximum atomic E-state index is 12.2. The molecule has 0 saturated carbocycles. The number of carbonyl (C=O) groups excluding carboxylic acids is 3. The number of esters is 1. The van der Waals surface area contributed by atoms with Gasteiger partial charge in [0, 0.05) is 19.5 Å². The smallest absolute Gasteiger partial charge is 0.338 e. The van der Waals surface area contributed by atoms with Crippen molar-refractivity contribution in [3.05, 3.63) is 59.5 Å². The van der Waals surface area contributed by atoms with E-state index < -0.39 is 18.0 Å². The number of nitrogens with one attached hydrogen (secondary N) is 1. The molecular formula is C20H22N2O5. The van der Waals surface area contributed by atoms with Crippen LogP contribution in [0, 0.1) is 0 Å². The minimum absolute atomic E-state index is 0.160. The molecule has 1 saturated heterocycles. The van der Waals surface area contributed by atoms with Crippen LogP contribution in [0.3, 0.4) is 0 Å². The van der Waals surface area contributed by atoms with E-state index in [0.717, 1.165) is 18.5 Å². The number of nitrogens with zero attached hydrogens (tertiary/aromatic N) is 1. The van der Waals surface area contributed by atoms with Gasteiger partial charge in [0.25, 0.3) is 5.91 Å². The lowest BCUT2D eigenvalue weighted by Crippen LogP contribution is -2.35. The molecule has 1 aliphatic rings. The number of furan rings is 1. The molecule has 0 spiro atoms. The van der Waals surface area contributed by atoms with Gasteiger partial charge >= 0.3 is 5.97 Å². The van der Waals surface area contributed by atoms with E-state index in [9.17, 15) is 14.4 Å². The Bertz CT molecular complexity index is 798. The number of carbonyl (C=O) groups is 3. The van der Waals surface area contributed by atoms with Gasteiger partial charge in [0.15, 0.2) is 6.10 Å². The monoisotopic (exact) mass is 370 g/mol. The Balaban J connectivity index is 1.49. The van der Waals surface area contributed by atoms with Crippen LogP contribution in [0.1, 0.15) is 41.4 Å². The molecular weight excluding hydrogens is 348 g/mol. The van der Waals surface area contributed by atoms with Crippen molar-refractivity contribution >= 4 is 17.8 Å². The Morgan fingerprint density at radius 2 is 2.04 bits per heavy atom. The fourth-order valence-electron chi connectivity index (χ4n) is 2.85. The second kappa shape index (κ2) is 8.53. The summed E-state index contributed by atoms with van der Waals surface area (Å²) < 4.78 is 10.3. The molecule has 1 aromatic heterocycles. The maximum Gasteiger partial charge on any atom is 0.338 e. The van der Waals surface area contributed by atoms with Gasteiger partial charge in [0.1, 0.15) is 5.76 Å². The molecule has 7 nitrogen and oxygen atoms in total. The zero-order chi connectivity index (χ0) is 19.2. The molecule has 3 rings (SSSR count). The SMILES string of the molecule is C[C@@H](OC(=O)c1ccc(CN2CCCC2=O)cc1)C(=O)NCc1ccco1. The number of hydrogen-bond donors (Lipinski definition) is 1. The highest BCUT2D eigenvalue weighted by molar-refractivity contribution is 5.92. The van der Waals surface area contributed by atoms with Crippen LogP contribution in [-0.2, 0) is 27.4 Å². The van der Waals surface area contributed by atoms with Gasteiger partial charge in [-0.3, -0.25) is 9.59 Å². The van der Waals surface area contributed by atoms with Crippen LogP contribution in [-0.4, -0.2) is 35.3 Å². The highest BCUT2D eigenvalue weighted by atomic mass is 16.5. The van der Waals surface area contributed by atoms with Gasteiger partial charge in [-0.25, -0.2) is 4.79 Å². The molecule has 0 radical (unpaired) electrons. The summed E-state index contributed by atoms with van der Waals surface area (Å²) >= 11 is 0. The molecule has 1 atom stereocenters. The van der Waals surface area contributed by atoms with Crippen LogP contribution in [0.4, 0.5) is 0 Å². The second-order valence-corrected chi connectivity index (χ2v) is 6.46. The minimum Gasteiger partial charge on any atom is -0.467 e. The van der Waals surface area contributed by atoms with Gasteiger partial charge in [-0.1, -0.05) is 12.1 Å². The van der Waals surface area contributed by atoms with E-state index in [1.165, 1.54) is 13.2 Å². The van der Waals surface area contributed by atoms with Gasteiger partial charge < -0.3 is 19.4 Å². The van der Waals surface area contributed by atoms with E-state index in [2.05, 4.69) is 5.32 Å². The Labute approximate surface area is 157 Å². The average molecular weight is 370 g/mol. The quantitative estimate of drug-likeness (QED) is 0.755. The standard InChI is InChI=1S/C20H22N2O5/c1-14(19(24)21-12-17-4-3-11-26-17)27-20(25)16-8-6-15(7-9-16)13-22-10-2-5-18(22)23/h3-4,6-9,11,14H,2,5,10,12-13H2,1H3,(H,21,24)/t14-/m1/s1. The summed E-state index contributed by atoms with van der Waals surface area (Å²) in [5.74, 6) is -0.190. The van der Waals surface area contributed by atoms with Crippen LogP contribution >= 0.6 is 0 Å². The molecule has 1 fully saturated rings. The van der Waals surface area contributed by atoms with Crippen molar-refractivity contribution in [2.75, 3.05) is 6.54 Å². The first-order valence-corrected chi connectivity index (χ1v) is 8.91. The van der Waals surface area contributed by atoms with E-state index >= 15 is 0 Å². The predicted octanol–water partition coefficient (Wildman–Crippen LogP) is 2.26. The number of benzene rings is 1. The molecule has 0 unspecified atom stereocenters. The molecule has 1 aromatic carbocycles. The first kappa shape index (κ1) is 18.7. The van der Waals surface area contributed by atoms with E-state index in [-0.39, 0.29) is 12.5 Å². The van der Waals surface area contributed by atoms with Crippen molar-refractivity contribution in [2.45, 2.75) is 39.0 Å². The highest BCUT2D eigenvalue weighted by Crippen LogP contribution is 2.15. The first-order valence-electron chi connectivity index (χ1n) is 8.91. The normalized spacial score (nSPS) is 14.9. The zero-order valence-electron chi connectivity index (χ0n) is 15.1. The zero-order valence-corrected chi connectivity index (χ0v) is 15.1. The molecule has 7 heteroatoms. The molecule has 1 aliphatic heterocycles. The second-order valence-electron chi connectivity index (χ2n) is 6.46. The van der Waals surface area contributed by atoms with Gasteiger partial charge in [-0.05, 0) is 43.2 Å². The Morgan fingerprint density at radius 1 is 1.26 bits per heavy atom. The summed E-state index contributed by atoms with van der Waals surface area (Å²) in [5, 5.41) is 2.65. The first-order chi connectivity index (χ1) is 13.0. The fraction of sp³-hybridized carbons (Fsp3) is 0.350. The highest BCUT2D eigenvalue weighted by Gasteiger charge is 2.21. The lowest BCUT2D eigenvalue weighted by atomic mass is 10.1. The van der Waals surface area contributed by atoms with E-state index in [1.54, 1.807) is 41.3 Å². The average Bonchev–Trinajstić information content (AvgIpc) is 3.32. The Morgan fingerprint density at radius 3 is 2.67 bits per heavy atom. The third kappa shape index (κ3) is 4.97. The number of ether oxygens (including phenoxy) is 1. The van der Waals surface area contributed by atoms with Crippen LogP contribution in [0.5, 0.6) is 0 Å². The maximum absolute atomic E-state index is 12.2. The third-order valence-corrected chi connectivity index (χ3v) is 4.40. The van der Waals surface area contributed by atoms with Gasteiger partial charge in [0.2, 0.25) is 5.91 Å². The van der Waals surface area contributed by atoms with Crippen LogP contribution < -0.4 is 5.32 Å². The topological polar surface area (TPSA) is 88.8 Å². The molecule has 0 aliphatic carbocycles. The summed E-state index contributed by atoms with van der Waals surface area (Å²) in [4.78, 5) is 37.7. The summed E-state index contributed by atoms with van der Waals surface area (Å²) in [6.07, 6.45) is 2.09. The third-order valence-electron chi connectivity index (χ3n) is 4.40. The predicted molar refractivity (Wildman–Crippen MR) is 96.5 cm³/mol. The molecule has 142 valence electrons. The van der Waals surface area contributed by atoms with Crippen molar-refractivity contribution < 1.29 is 23.5 Å². The van der Waals surface area contributed by atoms with E-state index in [4.69, 9.17) is 9.15 Å². The van der Waals surface area contributed by atoms with Gasteiger partial charge in [-0.2, -0.15) is 0 Å². The number of likely N-dealkylation sites (tertiary alicyclic amines) is 1. The lowest BCUT2D eigenvalue weighted by molar-refractivity contribution is -0.129. The Kier molecular flexibility index (Phi) is 5.90. The molecule has 0 bridgehead atoms. The van der Waals surface area contributed by atoms with Crippen molar-refractivity contribution in [1.82, 2.24) is 10.2 Å². The summed E-state index contributed by atoms with van der Waals surface area (Å²) in [7, 11) is 0. The molecule has 2 aromatic rings. The molecule has 2 heterocycles. The lowest BCUT2D eigenvalue weighted by Gasteiger charge is -2.16. The number of hydrogen-bond acceptors (Lipinski definition) is 5. The fourth-order valence-corrected chi connectivity index (χ4v) is 2.85. The minimum atomic E-state index is -0.922. The van der Waals surface area contributed by atoms with Crippen molar-refractivity contribution in [1.29, 1.82) is 0 Å². The summed E-state index contributed by atoms with van der Waals surface area (Å²) in [6, 6.07) is 10.4. The number of rotatable bonds is 7. The van der Waals surface area contributed by atoms with Crippen molar-refractivity contribution in [3.8, 4) is 0 Å². The van der Waals surface area contributed by atoms with Crippen molar-refractivity contribution in [3.63, 3.8) is 0 Å². The van der Waals surface area contributed by atoms with Crippen molar-refractivity contribution in [2.24, 2.45) is 0 Å². The van der Waals surface area contributed by atoms with Gasteiger partial charge in [-0.15, -0.1) is 0 Å². The van der Waals surface area contributed by atoms with Gasteiger partial charge in [0.05, 0.1) is 18.4 Å². The molecule has 1 N–H and O–H groups in total. The molecule has 2 amide bonds.